The second kappa shape index (κ2) is 12.5. The molecule has 0 radical (unpaired) electrons. The van der Waals surface area contributed by atoms with Gasteiger partial charge in [-0.1, -0.05) is 88.1 Å². The summed E-state index contributed by atoms with van der Waals surface area (Å²) in [5.74, 6) is -3.09. The maximum Gasteiger partial charge on any atom is 0.405 e. The Kier molecular flexibility index (Phi) is 10.7. The molecule has 13 heteroatoms. The Morgan fingerprint density at radius 1 is 1.08 bits per heavy atom. The topological polar surface area (TPSA) is 29.1 Å². The van der Waals surface area contributed by atoms with Crippen molar-refractivity contribution in [2.75, 3.05) is 6.54 Å². The van der Waals surface area contributed by atoms with E-state index in [4.69, 9.17) is 47.0 Å². The first-order valence-electron chi connectivity index (χ1n) is 10.1. The highest BCUT2D eigenvalue weighted by molar-refractivity contribution is 9.10. The van der Waals surface area contributed by atoms with Crippen LogP contribution in [0, 0.1) is 5.92 Å². The zero-order chi connectivity index (χ0) is 27.4. The molecule has 0 spiro atoms. The van der Waals surface area contributed by atoms with Gasteiger partial charge in [0.1, 0.15) is 6.54 Å². The molecule has 36 heavy (non-hydrogen) atoms. The minimum Gasteiger partial charge on any atom is -0.371 e. The fraction of sp³-hybridized carbons (Fsp3) is 0.304. The van der Waals surface area contributed by atoms with Crippen molar-refractivity contribution >= 4 is 79.8 Å². The summed E-state index contributed by atoms with van der Waals surface area (Å²) in [6.07, 6.45) is -7.11. The number of allylic oxidation sites excluding steroid dienone is 1. The lowest BCUT2D eigenvalue weighted by Gasteiger charge is -2.18. The Morgan fingerprint density at radius 3 is 2.17 bits per heavy atom. The number of hydrogen-bond donors (Lipinski definition) is 1. The van der Waals surface area contributed by atoms with E-state index in [1.165, 1.54) is 31.2 Å². The minimum absolute atomic E-state index is 0.0533. The van der Waals surface area contributed by atoms with Crippen molar-refractivity contribution in [3.05, 3.63) is 72.6 Å². The number of halogens is 10. The van der Waals surface area contributed by atoms with E-state index in [1.807, 2.05) is 0 Å². The first-order chi connectivity index (χ1) is 16.5. The van der Waals surface area contributed by atoms with Gasteiger partial charge in [-0.2, -0.15) is 26.3 Å². The summed E-state index contributed by atoms with van der Waals surface area (Å²) in [7, 11) is 0. The van der Waals surface area contributed by atoms with E-state index in [1.54, 1.807) is 0 Å². The third-order valence-corrected chi connectivity index (χ3v) is 7.29. The van der Waals surface area contributed by atoms with Crippen LogP contribution < -0.4 is 5.32 Å². The third kappa shape index (κ3) is 8.90. The second-order valence-electron chi connectivity index (χ2n) is 7.78. The van der Waals surface area contributed by atoms with Crippen LogP contribution in [0.25, 0.3) is 6.08 Å². The molecule has 0 aliphatic carbocycles. The van der Waals surface area contributed by atoms with Crippen molar-refractivity contribution in [1.82, 2.24) is 5.32 Å². The van der Waals surface area contributed by atoms with Gasteiger partial charge in [0.05, 0.1) is 26.0 Å². The fourth-order valence-corrected chi connectivity index (χ4v) is 4.46. The molecule has 2 nitrogen and oxygen atoms in total. The molecular weight excluding hydrogens is 639 g/mol. The molecule has 0 aliphatic heterocycles. The molecule has 0 bridgehead atoms. The van der Waals surface area contributed by atoms with Crippen molar-refractivity contribution in [2.45, 2.75) is 31.6 Å². The lowest BCUT2D eigenvalue weighted by atomic mass is 9.96. The number of nitrogens with one attached hydrogen (secondary N) is 1. The maximum atomic E-state index is 13.7. The van der Waals surface area contributed by atoms with Gasteiger partial charge in [-0.05, 0) is 35.4 Å². The van der Waals surface area contributed by atoms with Gasteiger partial charge >= 0.3 is 12.4 Å². The first-order valence-corrected chi connectivity index (χ1v) is 12.4. The predicted molar refractivity (Wildman–Crippen MR) is 138 cm³/mol. The van der Waals surface area contributed by atoms with Crippen molar-refractivity contribution in [1.29, 1.82) is 0 Å². The van der Waals surface area contributed by atoms with Crippen LogP contribution in [-0.2, 0) is 0 Å². The van der Waals surface area contributed by atoms with E-state index in [0.717, 1.165) is 18.2 Å². The first kappa shape index (κ1) is 30.9. The molecule has 2 aromatic rings. The smallest absolute Gasteiger partial charge is 0.371 e. The van der Waals surface area contributed by atoms with Crippen molar-refractivity contribution < 1.29 is 31.1 Å². The standard InChI is InChI=1S/C23H17BrCl3F6NOS/c1-11(21(36)34-10-22(28,29)30)6-19(35)14-4-2-12(7-16(14)24)3-5-15(23(31,32)33)13-8-17(25)20(27)18(26)9-13/h2-5,7-9,11,15H,6,10H2,1H3,(H,34,36)/b5-3+/t11-,15?/m0/s1. The van der Waals surface area contributed by atoms with E-state index in [9.17, 15) is 31.1 Å². The molecule has 1 N–H and O–H groups in total. The van der Waals surface area contributed by atoms with E-state index >= 15 is 0 Å². The van der Waals surface area contributed by atoms with Crippen LogP contribution in [-0.4, -0.2) is 29.7 Å². The summed E-state index contributed by atoms with van der Waals surface area (Å²) in [5, 5.41) is 1.80. The maximum absolute atomic E-state index is 13.7. The number of Topliss-reactive ketones (excluding diaryl/α,β-unsaturated/α-hetero) is 1. The quantitative estimate of drug-likeness (QED) is 0.133. The Labute approximate surface area is 232 Å². The number of hydrogen-bond acceptors (Lipinski definition) is 2. The predicted octanol–water partition coefficient (Wildman–Crippen LogP) is 9.46. The number of benzene rings is 2. The van der Waals surface area contributed by atoms with Crippen LogP contribution in [0.2, 0.25) is 15.1 Å². The Bertz CT molecular complexity index is 1150. The third-order valence-electron chi connectivity index (χ3n) is 4.89. The number of carbonyl (C=O) groups excluding carboxylic acids is 1. The second-order valence-corrected chi connectivity index (χ2v) is 10.3. The average molecular weight is 656 g/mol. The molecule has 2 aromatic carbocycles. The van der Waals surface area contributed by atoms with Gasteiger partial charge in [-0.15, -0.1) is 0 Å². The van der Waals surface area contributed by atoms with Gasteiger partial charge < -0.3 is 5.32 Å². The highest BCUT2D eigenvalue weighted by atomic mass is 79.9. The van der Waals surface area contributed by atoms with Crippen LogP contribution >= 0.6 is 63.0 Å². The molecule has 0 saturated carbocycles. The lowest BCUT2D eigenvalue weighted by molar-refractivity contribution is -0.139. The van der Waals surface area contributed by atoms with Crippen LogP contribution in [0.4, 0.5) is 26.3 Å². The van der Waals surface area contributed by atoms with Crippen LogP contribution in [0.3, 0.4) is 0 Å². The SMILES string of the molecule is C[C@@H](CC(=O)c1ccc(/C=C/C(c2cc(Cl)c(Cl)c(Cl)c2)C(F)(F)F)cc1Br)C(=S)NCC(F)(F)F. The molecule has 0 aliphatic rings. The largest absolute Gasteiger partial charge is 0.405 e. The molecule has 2 rings (SSSR count). The average Bonchev–Trinajstić information content (AvgIpc) is 2.74. The number of alkyl halides is 6. The van der Waals surface area contributed by atoms with Gasteiger partial charge in [0.2, 0.25) is 0 Å². The fourth-order valence-electron chi connectivity index (χ4n) is 3.07. The Balaban J connectivity index is 2.19. The summed E-state index contributed by atoms with van der Waals surface area (Å²) in [6.45, 7) is 0.212. The van der Waals surface area contributed by atoms with E-state index < -0.39 is 36.5 Å². The van der Waals surface area contributed by atoms with Gasteiger partial charge in [0.25, 0.3) is 0 Å². The number of thiocarbonyl (C=S) groups is 1. The van der Waals surface area contributed by atoms with Gasteiger partial charge in [-0.25, -0.2) is 0 Å². The van der Waals surface area contributed by atoms with Gasteiger partial charge in [0.15, 0.2) is 5.78 Å². The normalized spacial score (nSPS) is 14.1. The Hall–Kier alpha value is -1.33. The summed E-state index contributed by atoms with van der Waals surface area (Å²) in [6, 6.07) is 6.47. The van der Waals surface area contributed by atoms with Crippen LogP contribution in [0.15, 0.2) is 40.9 Å². The number of rotatable bonds is 8. The summed E-state index contributed by atoms with van der Waals surface area (Å²) in [4.78, 5) is 12.5. The monoisotopic (exact) mass is 653 g/mol. The van der Waals surface area contributed by atoms with E-state index in [-0.39, 0.29) is 37.6 Å². The van der Waals surface area contributed by atoms with Crippen molar-refractivity contribution in [3.63, 3.8) is 0 Å². The van der Waals surface area contributed by atoms with Gasteiger partial charge in [-0.3, -0.25) is 4.79 Å². The zero-order valence-corrected chi connectivity index (χ0v) is 22.9. The molecule has 0 amide bonds. The molecule has 0 saturated heterocycles. The summed E-state index contributed by atoms with van der Waals surface area (Å²) in [5.41, 5.74) is 0.364. The van der Waals surface area contributed by atoms with Gasteiger partial charge in [0, 0.05) is 22.4 Å². The number of ketones is 1. The molecule has 0 fully saturated rings. The van der Waals surface area contributed by atoms with Crippen molar-refractivity contribution in [2.24, 2.45) is 5.92 Å². The highest BCUT2D eigenvalue weighted by Crippen LogP contribution is 2.41. The molecule has 0 heterocycles. The molecule has 1 unspecified atom stereocenters. The molecule has 2 atom stereocenters. The number of carbonyl (C=O) groups is 1. The lowest BCUT2D eigenvalue weighted by Crippen LogP contribution is -2.36. The van der Waals surface area contributed by atoms with Crippen molar-refractivity contribution in [3.8, 4) is 0 Å². The Morgan fingerprint density at radius 2 is 1.67 bits per heavy atom. The summed E-state index contributed by atoms with van der Waals surface area (Å²) < 4.78 is 78.5. The molecular formula is C23H17BrCl3F6NOS. The minimum atomic E-state index is -4.65. The zero-order valence-electron chi connectivity index (χ0n) is 18.2. The summed E-state index contributed by atoms with van der Waals surface area (Å²) >= 11 is 25.7. The van der Waals surface area contributed by atoms with Crippen LogP contribution in [0.1, 0.15) is 40.7 Å². The van der Waals surface area contributed by atoms with Crippen LogP contribution in [0.5, 0.6) is 0 Å². The molecule has 0 aromatic heterocycles. The highest BCUT2D eigenvalue weighted by Gasteiger charge is 2.39. The van der Waals surface area contributed by atoms with E-state index in [2.05, 4.69) is 21.2 Å². The molecule has 196 valence electrons. The van der Waals surface area contributed by atoms with E-state index in [0.29, 0.717) is 10.0 Å².